The number of carboxylic acids is 1. The lowest BCUT2D eigenvalue weighted by atomic mass is 9.95. The quantitative estimate of drug-likeness (QED) is 0.774. The molecule has 0 aliphatic heterocycles. The Morgan fingerprint density at radius 1 is 1.29 bits per heavy atom. The Hall–Kier alpha value is -1.01. The molecule has 1 aromatic carbocycles. The van der Waals surface area contributed by atoms with E-state index in [1.165, 1.54) is 31.0 Å². The largest absolute Gasteiger partial charge is 0.478 e. The van der Waals surface area contributed by atoms with Crippen LogP contribution in [0.2, 0.25) is 0 Å². The van der Waals surface area contributed by atoms with E-state index in [2.05, 4.69) is 21.2 Å². The molecule has 4 nitrogen and oxygen atoms in total. The van der Waals surface area contributed by atoms with Gasteiger partial charge in [0.25, 0.3) is 0 Å². The molecule has 6 heteroatoms. The first-order chi connectivity index (χ1) is 10.1. The second-order valence-corrected chi connectivity index (χ2v) is 7.07. The Bertz CT molecular complexity index is 530. The Balaban J connectivity index is 1.91. The minimum atomic E-state index is -0.974. The normalized spacial score (nSPS) is 15.7. The molecule has 1 saturated carbocycles. The predicted molar refractivity (Wildman–Crippen MR) is 86.8 cm³/mol. The first kappa shape index (κ1) is 16.4. The first-order valence-electron chi connectivity index (χ1n) is 7.01. The van der Waals surface area contributed by atoms with E-state index in [9.17, 15) is 9.59 Å². The summed E-state index contributed by atoms with van der Waals surface area (Å²) in [4.78, 5) is 23.7. The van der Waals surface area contributed by atoms with Gasteiger partial charge in [0.05, 0.1) is 11.3 Å². The van der Waals surface area contributed by atoms with Crippen molar-refractivity contribution < 1.29 is 14.7 Å². The van der Waals surface area contributed by atoms with Gasteiger partial charge in [-0.1, -0.05) is 35.2 Å². The zero-order valence-corrected chi connectivity index (χ0v) is 14.0. The maximum Gasteiger partial charge on any atom is 0.336 e. The number of rotatable bonds is 5. The van der Waals surface area contributed by atoms with E-state index >= 15 is 0 Å². The van der Waals surface area contributed by atoms with Gasteiger partial charge >= 0.3 is 5.97 Å². The molecule has 1 amide bonds. The summed E-state index contributed by atoms with van der Waals surface area (Å²) < 4.78 is 0.808. The fourth-order valence-electron chi connectivity index (χ4n) is 2.45. The van der Waals surface area contributed by atoms with Crippen LogP contribution in [0.25, 0.3) is 0 Å². The van der Waals surface area contributed by atoms with Crippen molar-refractivity contribution in [3.8, 4) is 0 Å². The molecule has 0 atom stereocenters. The van der Waals surface area contributed by atoms with E-state index in [1.54, 1.807) is 18.2 Å². The minimum absolute atomic E-state index is 0.0248. The lowest BCUT2D eigenvalue weighted by molar-refractivity contribution is -0.119. The lowest BCUT2D eigenvalue weighted by Gasteiger charge is -2.22. The van der Waals surface area contributed by atoms with E-state index in [-0.39, 0.29) is 23.3 Å². The standard InChI is InChI=1S/C15H18BrNO3S/c16-10-6-7-12(15(19)20)13(8-10)21-9-14(18)17-11-4-2-1-3-5-11/h6-8,11H,1-5,9H2,(H,17,18)(H,19,20). The molecule has 0 spiro atoms. The Labute approximate surface area is 136 Å². The van der Waals surface area contributed by atoms with Crippen molar-refractivity contribution in [2.45, 2.75) is 43.0 Å². The van der Waals surface area contributed by atoms with Crippen LogP contribution in [-0.2, 0) is 4.79 Å². The molecule has 21 heavy (non-hydrogen) atoms. The van der Waals surface area contributed by atoms with Crippen LogP contribution in [-0.4, -0.2) is 28.8 Å². The molecule has 2 rings (SSSR count). The van der Waals surface area contributed by atoms with Crippen LogP contribution < -0.4 is 5.32 Å². The highest BCUT2D eigenvalue weighted by Gasteiger charge is 2.17. The SMILES string of the molecule is O=C(CSc1cc(Br)ccc1C(=O)O)NC1CCCCC1. The summed E-state index contributed by atoms with van der Waals surface area (Å²) in [7, 11) is 0. The number of benzene rings is 1. The number of halogens is 1. The molecule has 2 N–H and O–H groups in total. The van der Waals surface area contributed by atoms with Gasteiger partial charge in [-0.05, 0) is 31.0 Å². The third-order valence-corrected chi connectivity index (χ3v) is 5.05. The summed E-state index contributed by atoms with van der Waals surface area (Å²) >= 11 is 4.59. The molecule has 1 aliphatic carbocycles. The topological polar surface area (TPSA) is 66.4 Å². The fourth-order valence-corrected chi connectivity index (χ4v) is 3.86. The highest BCUT2D eigenvalue weighted by molar-refractivity contribution is 9.10. The number of amides is 1. The molecule has 0 saturated heterocycles. The minimum Gasteiger partial charge on any atom is -0.478 e. The van der Waals surface area contributed by atoms with E-state index in [4.69, 9.17) is 5.11 Å². The summed E-state index contributed by atoms with van der Waals surface area (Å²) in [5.41, 5.74) is 0.230. The Morgan fingerprint density at radius 2 is 2.00 bits per heavy atom. The summed E-state index contributed by atoms with van der Waals surface area (Å²) in [5, 5.41) is 12.2. The molecule has 0 unspecified atom stereocenters. The van der Waals surface area contributed by atoms with Crippen molar-refractivity contribution in [2.24, 2.45) is 0 Å². The third kappa shape index (κ3) is 5.04. The van der Waals surface area contributed by atoms with Crippen LogP contribution in [0.3, 0.4) is 0 Å². The van der Waals surface area contributed by atoms with Crippen LogP contribution in [0.4, 0.5) is 0 Å². The first-order valence-corrected chi connectivity index (χ1v) is 8.79. The monoisotopic (exact) mass is 371 g/mol. The van der Waals surface area contributed by atoms with Crippen LogP contribution in [0, 0.1) is 0 Å². The maximum atomic E-state index is 12.0. The summed E-state index contributed by atoms with van der Waals surface area (Å²) in [6.07, 6.45) is 5.70. The molecule has 0 aromatic heterocycles. The molecule has 1 fully saturated rings. The molecule has 0 heterocycles. The highest BCUT2D eigenvalue weighted by atomic mass is 79.9. The van der Waals surface area contributed by atoms with E-state index in [0.717, 1.165) is 17.3 Å². The molecule has 0 bridgehead atoms. The van der Waals surface area contributed by atoms with Crippen molar-refractivity contribution in [3.63, 3.8) is 0 Å². The number of carbonyl (C=O) groups is 2. The van der Waals surface area contributed by atoms with Gasteiger partial charge in [-0.2, -0.15) is 0 Å². The number of carbonyl (C=O) groups excluding carboxylic acids is 1. The summed E-state index contributed by atoms with van der Waals surface area (Å²) in [6.45, 7) is 0. The van der Waals surface area contributed by atoms with E-state index < -0.39 is 5.97 Å². The van der Waals surface area contributed by atoms with Gasteiger partial charge < -0.3 is 10.4 Å². The highest BCUT2D eigenvalue weighted by Crippen LogP contribution is 2.27. The maximum absolute atomic E-state index is 12.0. The Morgan fingerprint density at radius 3 is 2.67 bits per heavy atom. The van der Waals surface area contributed by atoms with Gasteiger partial charge in [-0.15, -0.1) is 11.8 Å². The number of hydrogen-bond acceptors (Lipinski definition) is 3. The number of hydrogen-bond donors (Lipinski definition) is 2. The molecule has 1 aliphatic rings. The van der Waals surface area contributed by atoms with Gasteiger partial charge in [0.15, 0.2) is 0 Å². The average molecular weight is 372 g/mol. The van der Waals surface area contributed by atoms with Crippen LogP contribution in [0.15, 0.2) is 27.6 Å². The molecule has 0 radical (unpaired) electrons. The summed E-state index contributed by atoms with van der Waals surface area (Å²) in [6, 6.07) is 5.26. The van der Waals surface area contributed by atoms with Crippen LogP contribution in [0.1, 0.15) is 42.5 Å². The van der Waals surface area contributed by atoms with Gasteiger partial charge in [0.1, 0.15) is 0 Å². The van der Waals surface area contributed by atoms with Crippen molar-refractivity contribution >= 4 is 39.6 Å². The number of carboxylic acid groups (broad SMARTS) is 1. The zero-order chi connectivity index (χ0) is 15.2. The molecular formula is C15H18BrNO3S. The zero-order valence-electron chi connectivity index (χ0n) is 11.6. The third-order valence-electron chi connectivity index (χ3n) is 3.50. The predicted octanol–water partition coefficient (Wildman–Crippen LogP) is 3.69. The van der Waals surface area contributed by atoms with Crippen molar-refractivity contribution in [1.82, 2.24) is 5.32 Å². The number of nitrogens with one attached hydrogen (secondary N) is 1. The van der Waals surface area contributed by atoms with Crippen LogP contribution >= 0.6 is 27.7 Å². The number of thioether (sulfide) groups is 1. The molecular weight excluding hydrogens is 354 g/mol. The van der Waals surface area contributed by atoms with Crippen molar-refractivity contribution in [2.75, 3.05) is 5.75 Å². The van der Waals surface area contributed by atoms with Crippen LogP contribution in [0.5, 0.6) is 0 Å². The summed E-state index contributed by atoms with van der Waals surface area (Å²) in [5.74, 6) is -0.756. The van der Waals surface area contributed by atoms with Crippen molar-refractivity contribution in [3.05, 3.63) is 28.2 Å². The fraction of sp³-hybridized carbons (Fsp3) is 0.467. The lowest BCUT2D eigenvalue weighted by Crippen LogP contribution is -2.37. The second-order valence-electron chi connectivity index (χ2n) is 5.14. The average Bonchev–Trinajstić information content (AvgIpc) is 2.46. The second kappa shape index (κ2) is 7.84. The van der Waals surface area contributed by atoms with Gasteiger partial charge in [0, 0.05) is 15.4 Å². The van der Waals surface area contributed by atoms with Crippen molar-refractivity contribution in [1.29, 1.82) is 0 Å². The Kier molecular flexibility index (Phi) is 6.11. The molecule has 1 aromatic rings. The van der Waals surface area contributed by atoms with Gasteiger partial charge in [0.2, 0.25) is 5.91 Å². The van der Waals surface area contributed by atoms with E-state index in [1.807, 2.05) is 0 Å². The van der Waals surface area contributed by atoms with E-state index in [0.29, 0.717) is 4.90 Å². The number of aromatic carboxylic acids is 1. The van der Waals surface area contributed by atoms with Gasteiger partial charge in [-0.3, -0.25) is 4.79 Å². The van der Waals surface area contributed by atoms with Gasteiger partial charge in [-0.25, -0.2) is 4.79 Å². The smallest absolute Gasteiger partial charge is 0.336 e. The molecule has 114 valence electrons.